The van der Waals surface area contributed by atoms with Crippen molar-refractivity contribution in [2.75, 3.05) is 64.4 Å². The average molecular weight is 908 g/mol. The van der Waals surface area contributed by atoms with E-state index in [0.29, 0.717) is 38.0 Å². The van der Waals surface area contributed by atoms with Crippen LogP contribution in [0.15, 0.2) is 54.6 Å². The molecule has 16 heteroatoms. The second kappa shape index (κ2) is 29.6. The normalized spacial score (nSPS) is 13.9. The third-order valence-corrected chi connectivity index (χ3v) is 11.5. The number of nitrogens with two attached hydrogens (primary N) is 1. The number of unbranched alkanes of at least 4 members (excludes halogenated alkanes) is 1. The predicted octanol–water partition coefficient (Wildman–Crippen LogP) is 2.85. The molecule has 16 nitrogen and oxygen atoms in total. The first-order valence-electron chi connectivity index (χ1n) is 23.5. The molecule has 0 aromatic heterocycles. The molecule has 0 saturated carbocycles. The fraction of sp³-hybridized carbons (Fsp3) is 0.633. The van der Waals surface area contributed by atoms with Crippen molar-refractivity contribution in [2.45, 2.75) is 136 Å². The van der Waals surface area contributed by atoms with Crippen molar-refractivity contribution in [3.63, 3.8) is 0 Å². The first-order valence-corrected chi connectivity index (χ1v) is 23.5. The highest BCUT2D eigenvalue weighted by Gasteiger charge is 2.33. The van der Waals surface area contributed by atoms with E-state index >= 15 is 0 Å². The molecule has 2 aromatic carbocycles. The molecule has 2 aromatic rings. The number of amides is 6. The Labute approximate surface area is 388 Å². The highest BCUT2D eigenvalue weighted by molar-refractivity contribution is 5.97. The monoisotopic (exact) mass is 908 g/mol. The Kier molecular flexibility index (Phi) is 25.6. The Morgan fingerprint density at radius 1 is 0.723 bits per heavy atom. The molecule has 0 heterocycles. The Morgan fingerprint density at radius 2 is 1.32 bits per heavy atom. The maximum absolute atomic E-state index is 14.1. The van der Waals surface area contributed by atoms with Crippen LogP contribution in [0.2, 0.25) is 0 Å². The maximum Gasteiger partial charge on any atom is 0.244 e. The van der Waals surface area contributed by atoms with E-state index in [4.69, 9.17) is 5.73 Å². The molecule has 0 fully saturated rings. The highest BCUT2D eigenvalue weighted by atomic mass is 16.3. The van der Waals surface area contributed by atoms with Gasteiger partial charge in [-0.05, 0) is 126 Å². The van der Waals surface area contributed by atoms with Crippen LogP contribution in [-0.2, 0) is 40.6 Å². The molecule has 5 atom stereocenters. The van der Waals surface area contributed by atoms with Crippen LogP contribution in [0.5, 0.6) is 0 Å². The Balaban J connectivity index is 2.27. The largest absolute Gasteiger partial charge is 0.394 e. The fourth-order valence-corrected chi connectivity index (χ4v) is 7.37. The number of rotatable bonds is 31. The second-order valence-corrected chi connectivity index (χ2v) is 18.4. The molecule has 364 valence electrons. The summed E-state index contributed by atoms with van der Waals surface area (Å²) in [5.41, 5.74) is 7.87. The minimum atomic E-state index is -1.24. The first kappa shape index (κ1) is 56.2. The number of carbonyl (C=O) groups is 6. The summed E-state index contributed by atoms with van der Waals surface area (Å²) in [6.45, 7) is 20.1. The molecule has 0 aliphatic carbocycles. The molecule has 0 aliphatic heterocycles. The lowest BCUT2D eigenvalue weighted by molar-refractivity contribution is -0.135. The lowest BCUT2D eigenvalue weighted by Gasteiger charge is -2.30. The lowest BCUT2D eigenvalue weighted by atomic mass is 9.87. The zero-order chi connectivity index (χ0) is 48.5. The molecular weight excluding hydrogens is 827 g/mol. The standard InChI is InChI=1S/C49H81N9O7/c1-10-57(11-2)30-16-15-21-40(46(63)55-42(33-59)45(62)51-27-18-29-56(9)28-17-26-50)53-47(64)41(31-35(3)4)54-44(61)36(5)52-48(65)43(32-37-19-13-12-14-20-37)58(34-60)39-24-22-38(23-25-39)49(6,7)8/h12-14,19-20,22-25,34-36,40-43,59H,10-11,15-18,21,26-33,50H2,1-9H3,(H,51,62)(H,52,65)(H,53,64)(H,54,61)(H,55,63)/t36-,40-,41-,42-,43-/m0/s1. The van der Waals surface area contributed by atoms with Crippen molar-refractivity contribution in [2.24, 2.45) is 11.7 Å². The van der Waals surface area contributed by atoms with Crippen molar-refractivity contribution < 1.29 is 33.9 Å². The number of anilines is 1. The topological polar surface area (TPSA) is 219 Å². The van der Waals surface area contributed by atoms with Crippen LogP contribution in [0, 0.1) is 5.92 Å². The van der Waals surface area contributed by atoms with Gasteiger partial charge in [0, 0.05) is 18.7 Å². The van der Waals surface area contributed by atoms with E-state index in [1.54, 1.807) is 12.1 Å². The van der Waals surface area contributed by atoms with Gasteiger partial charge in [0.2, 0.25) is 35.9 Å². The van der Waals surface area contributed by atoms with Crippen molar-refractivity contribution >= 4 is 41.6 Å². The highest BCUT2D eigenvalue weighted by Crippen LogP contribution is 2.26. The van der Waals surface area contributed by atoms with Gasteiger partial charge >= 0.3 is 0 Å². The number of hydrogen-bond acceptors (Lipinski definition) is 10. The summed E-state index contributed by atoms with van der Waals surface area (Å²) in [7, 11) is 1.97. The lowest BCUT2D eigenvalue weighted by Crippen LogP contribution is -2.59. The summed E-state index contributed by atoms with van der Waals surface area (Å²) >= 11 is 0. The number of aliphatic hydroxyl groups is 1. The molecular formula is C49H81N9O7. The first-order chi connectivity index (χ1) is 30.9. The summed E-state index contributed by atoms with van der Waals surface area (Å²) in [6.07, 6.45) is 4.11. The van der Waals surface area contributed by atoms with Gasteiger partial charge in [-0.15, -0.1) is 0 Å². The van der Waals surface area contributed by atoms with Crippen LogP contribution in [0.4, 0.5) is 5.69 Å². The van der Waals surface area contributed by atoms with E-state index in [2.05, 4.69) is 71.0 Å². The minimum absolute atomic E-state index is 0.0544. The van der Waals surface area contributed by atoms with Gasteiger partial charge in [0.25, 0.3) is 0 Å². The van der Waals surface area contributed by atoms with Gasteiger partial charge in [0.1, 0.15) is 30.2 Å². The van der Waals surface area contributed by atoms with E-state index in [0.717, 1.165) is 56.7 Å². The number of aliphatic hydroxyl groups excluding tert-OH is 1. The SMILES string of the molecule is CCN(CC)CCCC[C@H](NC(=O)[C@H](CC(C)C)NC(=O)[C@H](C)NC(=O)[C@H](Cc1ccccc1)N(C=O)c1ccc(C(C)(C)C)cc1)C(=O)N[C@@H](CO)C(=O)NCCCN(C)CCCN. The van der Waals surface area contributed by atoms with Gasteiger partial charge in [0.15, 0.2) is 0 Å². The van der Waals surface area contributed by atoms with Gasteiger partial charge < -0.3 is 52.1 Å². The van der Waals surface area contributed by atoms with Crippen molar-refractivity contribution in [1.29, 1.82) is 0 Å². The van der Waals surface area contributed by atoms with Crippen molar-refractivity contribution in [3.05, 3.63) is 65.7 Å². The maximum atomic E-state index is 14.1. The number of nitrogens with zero attached hydrogens (tertiary/aromatic N) is 3. The molecule has 0 bridgehead atoms. The van der Waals surface area contributed by atoms with E-state index in [9.17, 15) is 33.9 Å². The van der Waals surface area contributed by atoms with Crippen LogP contribution in [0.1, 0.15) is 105 Å². The Bertz CT molecular complexity index is 1740. The second-order valence-electron chi connectivity index (χ2n) is 18.4. The third-order valence-electron chi connectivity index (χ3n) is 11.5. The molecule has 65 heavy (non-hydrogen) atoms. The quantitative estimate of drug-likeness (QED) is 0.0434. The molecule has 0 radical (unpaired) electrons. The Morgan fingerprint density at radius 3 is 1.89 bits per heavy atom. The predicted molar refractivity (Wildman–Crippen MR) is 258 cm³/mol. The van der Waals surface area contributed by atoms with E-state index in [-0.39, 0.29) is 30.6 Å². The van der Waals surface area contributed by atoms with Crippen LogP contribution < -0.4 is 37.2 Å². The summed E-state index contributed by atoms with van der Waals surface area (Å²) < 4.78 is 0. The number of benzene rings is 2. The van der Waals surface area contributed by atoms with E-state index < -0.39 is 66.4 Å². The summed E-state index contributed by atoms with van der Waals surface area (Å²) in [5.74, 6) is -3.03. The zero-order valence-electron chi connectivity index (χ0n) is 40.7. The van der Waals surface area contributed by atoms with Gasteiger partial charge in [0.05, 0.1) is 6.61 Å². The molecule has 2 rings (SSSR count). The number of hydrogen-bond donors (Lipinski definition) is 7. The molecule has 0 saturated heterocycles. The van der Waals surface area contributed by atoms with Crippen LogP contribution in [0.3, 0.4) is 0 Å². The zero-order valence-corrected chi connectivity index (χ0v) is 40.7. The van der Waals surface area contributed by atoms with Crippen molar-refractivity contribution in [3.8, 4) is 0 Å². The van der Waals surface area contributed by atoms with Crippen LogP contribution in [-0.4, -0.2) is 141 Å². The average Bonchev–Trinajstić information content (AvgIpc) is 3.27. The summed E-state index contributed by atoms with van der Waals surface area (Å²) in [5, 5.41) is 24.0. The Hall–Kier alpha value is -4.90. The van der Waals surface area contributed by atoms with Gasteiger partial charge in [-0.25, -0.2) is 0 Å². The van der Waals surface area contributed by atoms with Gasteiger partial charge in [-0.2, -0.15) is 0 Å². The summed E-state index contributed by atoms with van der Waals surface area (Å²) in [6, 6.07) is 11.2. The fourth-order valence-electron chi connectivity index (χ4n) is 7.37. The number of nitrogens with one attached hydrogen (secondary N) is 5. The summed E-state index contributed by atoms with van der Waals surface area (Å²) in [4.78, 5) is 87.4. The molecule has 6 amide bonds. The van der Waals surface area contributed by atoms with Gasteiger partial charge in [-0.3, -0.25) is 28.8 Å². The molecule has 8 N–H and O–H groups in total. The smallest absolute Gasteiger partial charge is 0.244 e. The molecule has 0 unspecified atom stereocenters. The van der Waals surface area contributed by atoms with Crippen LogP contribution in [0.25, 0.3) is 0 Å². The van der Waals surface area contributed by atoms with E-state index in [1.807, 2.05) is 63.4 Å². The van der Waals surface area contributed by atoms with Crippen molar-refractivity contribution in [1.82, 2.24) is 36.4 Å². The van der Waals surface area contributed by atoms with E-state index in [1.165, 1.54) is 11.8 Å². The van der Waals surface area contributed by atoms with Gasteiger partial charge in [-0.1, -0.05) is 90.9 Å². The third kappa shape index (κ3) is 20.4. The minimum Gasteiger partial charge on any atom is -0.394 e. The number of carbonyl (C=O) groups excluding carboxylic acids is 6. The van der Waals surface area contributed by atoms with Crippen LogP contribution >= 0.6 is 0 Å². The molecule has 0 spiro atoms. The molecule has 0 aliphatic rings.